The summed E-state index contributed by atoms with van der Waals surface area (Å²) in [6.45, 7) is -1.42. The number of thiophene rings is 1. The average molecular weight is 459 g/mol. The van der Waals surface area contributed by atoms with Crippen molar-refractivity contribution < 1.29 is 22.8 Å². The Kier molecular flexibility index (Phi) is 5.82. The first-order valence-corrected chi connectivity index (χ1v) is 10.3. The molecule has 0 fully saturated rings. The summed E-state index contributed by atoms with van der Waals surface area (Å²) in [5, 5.41) is 10.6. The third-order valence-corrected chi connectivity index (χ3v) is 5.10. The summed E-state index contributed by atoms with van der Waals surface area (Å²) in [6.07, 6.45) is -1.18. The molecule has 3 amide bonds. The number of halogens is 3. The van der Waals surface area contributed by atoms with Crippen LogP contribution in [0.15, 0.2) is 65.6 Å². The normalized spacial score (nSPS) is 11.3. The summed E-state index contributed by atoms with van der Waals surface area (Å²) in [5.74, 6) is -0.258. The molecule has 0 unspecified atom stereocenters. The van der Waals surface area contributed by atoms with Gasteiger partial charge in [0, 0.05) is 28.4 Å². The molecule has 0 atom stereocenters. The fourth-order valence-corrected chi connectivity index (χ4v) is 3.57. The van der Waals surface area contributed by atoms with Crippen LogP contribution >= 0.6 is 11.3 Å². The van der Waals surface area contributed by atoms with Crippen LogP contribution in [0.2, 0.25) is 0 Å². The Bertz CT molecular complexity index is 1270. The first-order chi connectivity index (χ1) is 15.3. The van der Waals surface area contributed by atoms with Crippen LogP contribution in [0, 0.1) is 0 Å². The highest BCUT2D eigenvalue weighted by molar-refractivity contribution is 7.08. The number of nitrogens with zero attached hydrogens (tertiary/aromatic N) is 2. The molecule has 164 valence electrons. The standard InChI is InChI=1S/C21H16F3N5O2S/c22-21(23,24)12-26-20(31)28-15-3-1-2-13(8-15)17-10-25-18-9-14(4-6-29(17)18)19(30)27-16-5-7-32-11-16/h1-11H,12H2,(H,27,30)(H2,26,28,31). The number of fused-ring (bicyclic) bond motifs is 1. The summed E-state index contributed by atoms with van der Waals surface area (Å²) in [5.41, 5.74) is 3.39. The zero-order valence-electron chi connectivity index (χ0n) is 16.3. The maximum Gasteiger partial charge on any atom is 0.405 e. The van der Waals surface area contributed by atoms with Gasteiger partial charge in [-0.05, 0) is 35.7 Å². The number of benzene rings is 1. The zero-order valence-corrected chi connectivity index (χ0v) is 17.1. The second-order valence-electron chi connectivity index (χ2n) is 6.76. The van der Waals surface area contributed by atoms with Gasteiger partial charge in [0.15, 0.2) is 0 Å². The van der Waals surface area contributed by atoms with Crippen molar-refractivity contribution in [1.82, 2.24) is 14.7 Å². The number of nitrogens with one attached hydrogen (secondary N) is 3. The highest BCUT2D eigenvalue weighted by Gasteiger charge is 2.27. The second kappa shape index (κ2) is 8.71. The number of pyridine rings is 1. The minimum absolute atomic E-state index is 0.258. The highest BCUT2D eigenvalue weighted by Crippen LogP contribution is 2.25. The lowest BCUT2D eigenvalue weighted by Crippen LogP contribution is -2.36. The monoisotopic (exact) mass is 459 g/mol. The van der Waals surface area contributed by atoms with Crippen LogP contribution in [0.4, 0.5) is 29.3 Å². The van der Waals surface area contributed by atoms with E-state index in [0.29, 0.717) is 33.8 Å². The molecule has 3 N–H and O–H groups in total. The number of hydrogen-bond donors (Lipinski definition) is 3. The Hall–Kier alpha value is -3.86. The molecule has 0 bridgehead atoms. The Morgan fingerprint density at radius 3 is 2.66 bits per heavy atom. The zero-order chi connectivity index (χ0) is 22.7. The van der Waals surface area contributed by atoms with Gasteiger partial charge in [-0.2, -0.15) is 24.5 Å². The minimum atomic E-state index is -4.49. The average Bonchev–Trinajstić information content (AvgIpc) is 3.41. The number of urea groups is 1. The summed E-state index contributed by atoms with van der Waals surface area (Å²) < 4.78 is 38.5. The minimum Gasteiger partial charge on any atom is -0.329 e. The molecule has 4 aromatic rings. The fraction of sp³-hybridized carbons (Fsp3) is 0.0952. The van der Waals surface area contributed by atoms with Gasteiger partial charge in [-0.3, -0.25) is 9.20 Å². The number of carbonyl (C=O) groups excluding carboxylic acids is 2. The van der Waals surface area contributed by atoms with Crippen molar-refractivity contribution in [2.75, 3.05) is 17.2 Å². The molecule has 0 saturated carbocycles. The summed E-state index contributed by atoms with van der Waals surface area (Å²) in [4.78, 5) is 28.5. The number of alkyl halides is 3. The molecular formula is C21H16F3N5O2S. The van der Waals surface area contributed by atoms with Gasteiger partial charge in [-0.25, -0.2) is 9.78 Å². The van der Waals surface area contributed by atoms with Crippen LogP contribution in [0.3, 0.4) is 0 Å². The third kappa shape index (κ3) is 5.06. The molecule has 11 heteroatoms. The van der Waals surface area contributed by atoms with Crippen molar-refractivity contribution in [3.8, 4) is 11.3 Å². The van der Waals surface area contributed by atoms with Crippen LogP contribution in [0.1, 0.15) is 10.4 Å². The van der Waals surface area contributed by atoms with E-state index in [0.717, 1.165) is 0 Å². The Balaban J connectivity index is 1.52. The van der Waals surface area contributed by atoms with Crippen molar-refractivity contribution in [1.29, 1.82) is 0 Å². The number of amides is 3. The molecule has 3 aromatic heterocycles. The first kappa shape index (κ1) is 21.4. The Labute approximate surface area is 183 Å². The number of aromatic nitrogens is 2. The maximum atomic E-state index is 12.4. The molecular weight excluding hydrogens is 443 g/mol. The topological polar surface area (TPSA) is 87.5 Å². The largest absolute Gasteiger partial charge is 0.405 e. The molecule has 32 heavy (non-hydrogen) atoms. The molecule has 7 nitrogen and oxygen atoms in total. The lowest BCUT2D eigenvalue weighted by molar-refractivity contribution is -0.122. The van der Waals surface area contributed by atoms with E-state index in [1.54, 1.807) is 64.6 Å². The van der Waals surface area contributed by atoms with E-state index >= 15 is 0 Å². The van der Waals surface area contributed by atoms with Gasteiger partial charge < -0.3 is 16.0 Å². The van der Waals surface area contributed by atoms with E-state index in [1.807, 2.05) is 10.8 Å². The van der Waals surface area contributed by atoms with E-state index in [4.69, 9.17) is 0 Å². The number of rotatable bonds is 5. The predicted octanol–water partition coefficient (Wildman–Crippen LogP) is 5.00. The van der Waals surface area contributed by atoms with Gasteiger partial charge in [0.25, 0.3) is 5.91 Å². The van der Waals surface area contributed by atoms with Gasteiger partial charge in [0.2, 0.25) is 0 Å². The van der Waals surface area contributed by atoms with Crippen molar-refractivity contribution >= 4 is 40.3 Å². The van der Waals surface area contributed by atoms with Crippen LogP contribution in [-0.2, 0) is 0 Å². The third-order valence-electron chi connectivity index (χ3n) is 4.42. The Morgan fingerprint density at radius 2 is 1.91 bits per heavy atom. The molecule has 0 spiro atoms. The molecule has 0 saturated heterocycles. The summed E-state index contributed by atoms with van der Waals surface area (Å²) in [6, 6.07) is 10.8. The van der Waals surface area contributed by atoms with Crippen LogP contribution in [0.25, 0.3) is 16.9 Å². The van der Waals surface area contributed by atoms with E-state index in [9.17, 15) is 22.8 Å². The molecule has 0 radical (unpaired) electrons. The van der Waals surface area contributed by atoms with Crippen molar-refractivity contribution in [2.45, 2.75) is 6.18 Å². The van der Waals surface area contributed by atoms with Crippen molar-refractivity contribution in [3.63, 3.8) is 0 Å². The molecule has 0 aliphatic rings. The van der Waals surface area contributed by atoms with Crippen LogP contribution in [0.5, 0.6) is 0 Å². The maximum absolute atomic E-state index is 12.4. The van der Waals surface area contributed by atoms with Crippen LogP contribution < -0.4 is 16.0 Å². The number of anilines is 2. The SMILES string of the molecule is O=C(NCC(F)(F)F)Nc1cccc(-c2cnc3cc(C(=O)Nc4ccsc4)ccn23)c1. The van der Waals surface area contributed by atoms with Gasteiger partial charge in [-0.1, -0.05) is 12.1 Å². The van der Waals surface area contributed by atoms with Gasteiger partial charge in [0.1, 0.15) is 12.2 Å². The van der Waals surface area contributed by atoms with Crippen molar-refractivity contribution in [2.24, 2.45) is 0 Å². The molecule has 3 heterocycles. The van der Waals surface area contributed by atoms with Gasteiger partial charge in [0.05, 0.1) is 17.6 Å². The van der Waals surface area contributed by atoms with Gasteiger partial charge in [-0.15, -0.1) is 0 Å². The van der Waals surface area contributed by atoms with Gasteiger partial charge >= 0.3 is 12.2 Å². The van der Waals surface area contributed by atoms with E-state index in [1.165, 1.54) is 11.3 Å². The van der Waals surface area contributed by atoms with Crippen molar-refractivity contribution in [3.05, 3.63) is 71.2 Å². The Morgan fingerprint density at radius 1 is 1.06 bits per heavy atom. The van der Waals surface area contributed by atoms with Crippen LogP contribution in [-0.4, -0.2) is 34.0 Å². The summed E-state index contributed by atoms with van der Waals surface area (Å²) in [7, 11) is 0. The highest BCUT2D eigenvalue weighted by atomic mass is 32.1. The lowest BCUT2D eigenvalue weighted by atomic mass is 10.1. The summed E-state index contributed by atoms with van der Waals surface area (Å²) >= 11 is 1.48. The molecule has 0 aliphatic heterocycles. The molecule has 4 rings (SSSR count). The molecule has 1 aromatic carbocycles. The lowest BCUT2D eigenvalue weighted by Gasteiger charge is -2.11. The first-order valence-electron chi connectivity index (χ1n) is 9.31. The fourth-order valence-electron chi connectivity index (χ4n) is 2.99. The van der Waals surface area contributed by atoms with E-state index in [2.05, 4.69) is 15.6 Å². The number of carbonyl (C=O) groups is 2. The molecule has 0 aliphatic carbocycles. The second-order valence-corrected chi connectivity index (χ2v) is 7.54. The quantitative estimate of drug-likeness (QED) is 0.393. The number of hydrogen-bond acceptors (Lipinski definition) is 4. The van der Waals surface area contributed by atoms with E-state index < -0.39 is 18.8 Å². The number of imidazole rings is 1. The predicted molar refractivity (Wildman–Crippen MR) is 116 cm³/mol. The van der Waals surface area contributed by atoms with E-state index in [-0.39, 0.29) is 5.91 Å². The smallest absolute Gasteiger partial charge is 0.329 e.